The number of ether oxygens (including phenoxy) is 2. The van der Waals surface area contributed by atoms with Gasteiger partial charge in [0.1, 0.15) is 11.7 Å². The zero-order valence-electron chi connectivity index (χ0n) is 13.1. The Kier molecular flexibility index (Phi) is 5.24. The number of amides is 1. The Labute approximate surface area is 138 Å². The fraction of sp³-hybridized carbons (Fsp3) is 0.412. The molecule has 24 heavy (non-hydrogen) atoms. The van der Waals surface area contributed by atoms with Crippen LogP contribution >= 0.6 is 0 Å². The van der Waals surface area contributed by atoms with E-state index in [1.165, 1.54) is 6.07 Å². The van der Waals surface area contributed by atoms with Crippen molar-refractivity contribution in [1.82, 2.24) is 5.32 Å². The van der Waals surface area contributed by atoms with Crippen LogP contribution in [0.3, 0.4) is 0 Å². The molecule has 7 nitrogen and oxygen atoms in total. The van der Waals surface area contributed by atoms with Gasteiger partial charge in [0, 0.05) is 12.7 Å². The molecule has 0 radical (unpaired) electrons. The molecule has 1 aromatic carbocycles. The number of para-hydroxylation sites is 1. The zero-order valence-corrected chi connectivity index (χ0v) is 13.1. The summed E-state index contributed by atoms with van der Waals surface area (Å²) in [5, 5.41) is 12.1. The fourth-order valence-corrected chi connectivity index (χ4v) is 2.70. The van der Waals surface area contributed by atoms with Gasteiger partial charge in [-0.1, -0.05) is 12.1 Å². The van der Waals surface area contributed by atoms with Crippen LogP contribution in [-0.2, 0) is 9.47 Å². The van der Waals surface area contributed by atoms with Crippen LogP contribution in [0.5, 0.6) is 0 Å². The maximum absolute atomic E-state index is 12.4. The molecule has 0 saturated carbocycles. The Bertz CT molecular complexity index is 771. The average Bonchev–Trinajstić information content (AvgIpc) is 2.61. The van der Waals surface area contributed by atoms with Gasteiger partial charge in [-0.3, -0.25) is 9.59 Å². The summed E-state index contributed by atoms with van der Waals surface area (Å²) in [6.45, 7) is 0.917. The normalized spacial score (nSPS) is 20.9. The lowest BCUT2D eigenvalue weighted by Crippen LogP contribution is -2.50. The Morgan fingerprint density at radius 3 is 3.04 bits per heavy atom. The van der Waals surface area contributed by atoms with Gasteiger partial charge in [0.2, 0.25) is 0 Å². The van der Waals surface area contributed by atoms with E-state index in [-0.39, 0.29) is 36.5 Å². The predicted molar refractivity (Wildman–Crippen MR) is 86.0 cm³/mol. The van der Waals surface area contributed by atoms with Gasteiger partial charge in [0.25, 0.3) is 5.91 Å². The minimum absolute atomic E-state index is 0.0360. The SMILES string of the molecule is O=C(N[C@@H]1CCOC[C@H]1OCCO)c1cc(=O)c2ccccc2o1. The number of carbonyl (C=O) groups is 1. The van der Waals surface area contributed by atoms with E-state index in [1.54, 1.807) is 24.3 Å². The summed E-state index contributed by atoms with van der Waals surface area (Å²) in [4.78, 5) is 24.5. The molecule has 2 atom stereocenters. The Morgan fingerprint density at radius 1 is 1.38 bits per heavy atom. The fourth-order valence-electron chi connectivity index (χ4n) is 2.70. The van der Waals surface area contributed by atoms with Gasteiger partial charge in [0.05, 0.1) is 31.2 Å². The topological polar surface area (TPSA) is 98.0 Å². The molecule has 3 rings (SSSR count). The molecule has 1 amide bonds. The molecular weight excluding hydrogens is 314 g/mol. The zero-order chi connectivity index (χ0) is 16.9. The highest BCUT2D eigenvalue weighted by molar-refractivity contribution is 5.93. The summed E-state index contributed by atoms with van der Waals surface area (Å²) in [6, 6.07) is 7.71. The largest absolute Gasteiger partial charge is 0.451 e. The van der Waals surface area contributed by atoms with Crippen LogP contribution in [-0.4, -0.2) is 49.6 Å². The number of carbonyl (C=O) groups excluding carboxylic acids is 1. The van der Waals surface area contributed by atoms with Gasteiger partial charge in [-0.05, 0) is 18.6 Å². The molecule has 0 bridgehead atoms. The highest BCUT2D eigenvalue weighted by Gasteiger charge is 2.29. The van der Waals surface area contributed by atoms with Gasteiger partial charge < -0.3 is 24.3 Å². The lowest BCUT2D eigenvalue weighted by molar-refractivity contribution is -0.0738. The second kappa shape index (κ2) is 7.57. The molecule has 2 aromatic rings. The van der Waals surface area contributed by atoms with Crippen LogP contribution in [0.15, 0.2) is 39.5 Å². The van der Waals surface area contributed by atoms with Crippen LogP contribution in [0.25, 0.3) is 11.0 Å². The van der Waals surface area contributed by atoms with Crippen LogP contribution in [0.1, 0.15) is 17.0 Å². The van der Waals surface area contributed by atoms with Gasteiger partial charge in [-0.2, -0.15) is 0 Å². The van der Waals surface area contributed by atoms with E-state index in [0.717, 1.165) is 0 Å². The summed E-state index contributed by atoms with van der Waals surface area (Å²) < 4.78 is 16.4. The number of rotatable bonds is 5. The summed E-state index contributed by atoms with van der Waals surface area (Å²) in [5.41, 5.74) is 0.109. The van der Waals surface area contributed by atoms with Crippen LogP contribution in [0, 0.1) is 0 Å². The maximum atomic E-state index is 12.4. The third-order valence-electron chi connectivity index (χ3n) is 3.90. The van der Waals surface area contributed by atoms with Crippen molar-refractivity contribution in [3.8, 4) is 0 Å². The third kappa shape index (κ3) is 3.64. The van der Waals surface area contributed by atoms with Crippen molar-refractivity contribution in [2.75, 3.05) is 26.4 Å². The monoisotopic (exact) mass is 333 g/mol. The lowest BCUT2D eigenvalue weighted by atomic mass is 10.1. The van der Waals surface area contributed by atoms with E-state index in [4.69, 9.17) is 19.0 Å². The number of nitrogens with one attached hydrogen (secondary N) is 1. The molecule has 1 aliphatic rings. The number of aliphatic hydroxyl groups excluding tert-OH is 1. The van der Waals surface area contributed by atoms with E-state index in [0.29, 0.717) is 30.6 Å². The number of fused-ring (bicyclic) bond motifs is 1. The first-order valence-corrected chi connectivity index (χ1v) is 7.83. The van der Waals surface area contributed by atoms with Crippen molar-refractivity contribution < 1.29 is 23.8 Å². The Hall–Kier alpha value is -2.22. The summed E-state index contributed by atoms with van der Waals surface area (Å²) in [6.07, 6.45) is 0.238. The van der Waals surface area contributed by atoms with Crippen molar-refractivity contribution in [2.24, 2.45) is 0 Å². The molecule has 2 heterocycles. The molecule has 0 spiro atoms. The first-order valence-electron chi connectivity index (χ1n) is 7.83. The quantitative estimate of drug-likeness (QED) is 0.835. The predicted octanol–water partition coefficient (Wildman–Crippen LogP) is 0.689. The second-order valence-corrected chi connectivity index (χ2v) is 5.55. The standard InChI is InChI=1S/C17H19NO6/c19-6-8-23-16-10-22-7-5-12(16)18-17(21)15-9-13(20)11-3-1-2-4-14(11)24-15/h1-4,9,12,16,19H,5-8,10H2,(H,18,21)/t12-,16-/m1/s1. The smallest absolute Gasteiger partial charge is 0.287 e. The van der Waals surface area contributed by atoms with Gasteiger partial charge in [-0.15, -0.1) is 0 Å². The van der Waals surface area contributed by atoms with Gasteiger partial charge >= 0.3 is 0 Å². The molecule has 1 aliphatic heterocycles. The molecule has 0 unspecified atom stereocenters. The molecule has 1 fully saturated rings. The lowest BCUT2D eigenvalue weighted by Gasteiger charge is -2.31. The molecule has 2 N–H and O–H groups in total. The molecule has 1 saturated heterocycles. The Morgan fingerprint density at radius 2 is 2.21 bits per heavy atom. The second-order valence-electron chi connectivity index (χ2n) is 5.55. The number of benzene rings is 1. The number of hydrogen-bond donors (Lipinski definition) is 2. The first-order chi connectivity index (χ1) is 11.7. The molecule has 7 heteroatoms. The number of hydrogen-bond acceptors (Lipinski definition) is 6. The molecule has 1 aromatic heterocycles. The summed E-state index contributed by atoms with van der Waals surface area (Å²) in [5.74, 6) is -0.506. The van der Waals surface area contributed by atoms with Crippen molar-refractivity contribution in [3.05, 3.63) is 46.3 Å². The van der Waals surface area contributed by atoms with Crippen LogP contribution < -0.4 is 10.7 Å². The minimum atomic E-state index is -0.470. The van der Waals surface area contributed by atoms with Crippen molar-refractivity contribution in [1.29, 1.82) is 0 Å². The van der Waals surface area contributed by atoms with Gasteiger partial charge in [-0.25, -0.2) is 0 Å². The van der Waals surface area contributed by atoms with Crippen LogP contribution in [0.2, 0.25) is 0 Å². The first kappa shape index (κ1) is 16.6. The molecular formula is C17H19NO6. The summed E-state index contributed by atoms with van der Waals surface area (Å²) >= 11 is 0. The highest BCUT2D eigenvalue weighted by atomic mass is 16.5. The average molecular weight is 333 g/mol. The van der Waals surface area contributed by atoms with E-state index in [2.05, 4.69) is 5.32 Å². The van der Waals surface area contributed by atoms with E-state index in [9.17, 15) is 9.59 Å². The highest BCUT2D eigenvalue weighted by Crippen LogP contribution is 2.15. The van der Waals surface area contributed by atoms with E-state index < -0.39 is 5.91 Å². The minimum Gasteiger partial charge on any atom is -0.451 e. The van der Waals surface area contributed by atoms with Gasteiger partial charge in [0.15, 0.2) is 11.2 Å². The Balaban J connectivity index is 1.77. The molecule has 128 valence electrons. The number of aliphatic hydroxyl groups is 1. The summed E-state index contributed by atoms with van der Waals surface area (Å²) in [7, 11) is 0. The van der Waals surface area contributed by atoms with Crippen molar-refractivity contribution in [2.45, 2.75) is 18.6 Å². The van der Waals surface area contributed by atoms with Crippen LogP contribution in [0.4, 0.5) is 0 Å². The van der Waals surface area contributed by atoms with E-state index in [1.807, 2.05) is 0 Å². The molecule has 0 aliphatic carbocycles. The third-order valence-corrected chi connectivity index (χ3v) is 3.90. The van der Waals surface area contributed by atoms with E-state index >= 15 is 0 Å². The maximum Gasteiger partial charge on any atom is 0.287 e. The van der Waals surface area contributed by atoms with Crippen molar-refractivity contribution in [3.63, 3.8) is 0 Å². The van der Waals surface area contributed by atoms with Crippen molar-refractivity contribution >= 4 is 16.9 Å².